The van der Waals surface area contributed by atoms with E-state index in [-0.39, 0.29) is 38.3 Å². The van der Waals surface area contributed by atoms with Crippen LogP contribution in [0.5, 0.6) is 0 Å². The lowest BCUT2D eigenvalue weighted by Gasteiger charge is -2.30. The topological polar surface area (TPSA) is 174 Å². The molecule has 2 amide bonds. The summed E-state index contributed by atoms with van der Waals surface area (Å²) < 4.78 is 15.0. The Kier molecular flexibility index (Phi) is 22.9. The molecule has 0 heterocycles. The Morgan fingerprint density at radius 3 is 1.14 bits per heavy atom. The van der Waals surface area contributed by atoms with E-state index < -0.39 is 29.3 Å². The van der Waals surface area contributed by atoms with Gasteiger partial charge in [0.05, 0.1) is 12.1 Å². The number of hydrogen-bond acceptors (Lipinski definition) is 9. The third-order valence-corrected chi connectivity index (χ3v) is 3.88. The van der Waals surface area contributed by atoms with Crippen LogP contribution in [0.15, 0.2) is 75.9 Å². The van der Waals surface area contributed by atoms with Crippen molar-refractivity contribution in [1.29, 1.82) is 0 Å². The van der Waals surface area contributed by atoms with Crippen LogP contribution in [0, 0.1) is 5.41 Å². The van der Waals surface area contributed by atoms with Crippen LogP contribution in [-0.2, 0) is 43.0 Å². The molecule has 0 aliphatic rings. The number of nitrogens with one attached hydrogen (secondary N) is 2. The predicted molar refractivity (Wildman–Crippen MR) is 136 cm³/mol. The first-order valence-electron chi connectivity index (χ1n) is 10.4. The van der Waals surface area contributed by atoms with Gasteiger partial charge in [0.2, 0.25) is 11.8 Å². The van der Waals surface area contributed by atoms with Crippen LogP contribution < -0.4 is 10.6 Å². The van der Waals surface area contributed by atoms with Gasteiger partial charge >= 0.3 is 23.9 Å². The smallest absolute Gasteiger partial charge is 0.330 e. The second-order valence-electron chi connectivity index (χ2n) is 6.50. The molecule has 0 saturated heterocycles. The van der Waals surface area contributed by atoms with Gasteiger partial charge in [-0.2, -0.15) is 0 Å². The normalized spacial score (nSPS) is 9.00. The molecule has 37 heavy (non-hydrogen) atoms. The SMILES string of the molecule is C=CC(=O)NCNC(=O)C=C.C=CC(=O)O.C=CC(=O)OCC(CC)(COC(=O)C=C)COC(=O)C=C. The van der Waals surface area contributed by atoms with Gasteiger partial charge in [0, 0.05) is 24.3 Å². The number of rotatable bonds is 15. The average Bonchev–Trinajstić information content (AvgIpc) is 2.92. The van der Waals surface area contributed by atoms with Gasteiger partial charge in [-0.05, 0) is 18.6 Å². The van der Waals surface area contributed by atoms with Crippen molar-refractivity contribution >= 4 is 35.7 Å². The molecule has 12 heteroatoms. The fourth-order valence-electron chi connectivity index (χ4n) is 1.64. The van der Waals surface area contributed by atoms with Crippen LogP contribution >= 0.6 is 0 Å². The van der Waals surface area contributed by atoms with E-state index in [1.165, 1.54) is 0 Å². The summed E-state index contributed by atoms with van der Waals surface area (Å²) in [6.07, 6.45) is 6.59. The molecule has 0 bridgehead atoms. The molecular weight excluding hydrogens is 488 g/mol. The van der Waals surface area contributed by atoms with Crippen LogP contribution in [0.4, 0.5) is 0 Å². The number of esters is 3. The van der Waals surface area contributed by atoms with E-state index in [4.69, 9.17) is 19.3 Å². The first-order chi connectivity index (χ1) is 17.4. The molecule has 0 aromatic rings. The van der Waals surface area contributed by atoms with Crippen LogP contribution in [0.3, 0.4) is 0 Å². The molecule has 0 radical (unpaired) electrons. The highest BCUT2D eigenvalue weighted by Crippen LogP contribution is 2.24. The van der Waals surface area contributed by atoms with Gasteiger partial charge in [-0.3, -0.25) is 9.59 Å². The van der Waals surface area contributed by atoms with Crippen molar-refractivity contribution in [2.75, 3.05) is 26.5 Å². The molecule has 0 aromatic heterocycles. The molecule has 0 atom stereocenters. The molecule has 0 aliphatic carbocycles. The van der Waals surface area contributed by atoms with E-state index in [2.05, 4.69) is 50.1 Å². The molecule has 0 aliphatic heterocycles. The molecule has 12 nitrogen and oxygen atoms in total. The van der Waals surface area contributed by atoms with Crippen molar-refractivity contribution in [3.63, 3.8) is 0 Å². The monoisotopic (exact) mass is 522 g/mol. The van der Waals surface area contributed by atoms with E-state index in [1.54, 1.807) is 6.92 Å². The van der Waals surface area contributed by atoms with Gasteiger partial charge < -0.3 is 30.0 Å². The van der Waals surface area contributed by atoms with Crippen molar-refractivity contribution in [1.82, 2.24) is 10.6 Å². The van der Waals surface area contributed by atoms with E-state index >= 15 is 0 Å². The summed E-state index contributed by atoms with van der Waals surface area (Å²) in [5.74, 6) is -3.47. The number of carbonyl (C=O) groups excluding carboxylic acids is 5. The summed E-state index contributed by atoms with van der Waals surface area (Å²) in [5, 5.41) is 12.3. The maximum Gasteiger partial charge on any atom is 0.330 e. The fourth-order valence-corrected chi connectivity index (χ4v) is 1.64. The number of amides is 2. The van der Waals surface area contributed by atoms with E-state index in [9.17, 15) is 28.8 Å². The molecule has 0 aromatic carbocycles. The lowest BCUT2D eigenvalue weighted by molar-refractivity contribution is -0.156. The molecule has 0 spiro atoms. The van der Waals surface area contributed by atoms with Crippen molar-refractivity contribution < 1.29 is 48.1 Å². The van der Waals surface area contributed by atoms with E-state index in [0.29, 0.717) is 6.42 Å². The quantitative estimate of drug-likeness (QED) is 0.123. The number of carboxylic acids is 1. The first kappa shape index (κ1) is 36.8. The summed E-state index contributed by atoms with van der Waals surface area (Å²) in [6, 6.07) is 0. The second kappa shape index (κ2) is 23.0. The minimum atomic E-state index is -0.981. The van der Waals surface area contributed by atoms with Crippen molar-refractivity contribution in [3.8, 4) is 0 Å². The van der Waals surface area contributed by atoms with E-state index in [0.717, 1.165) is 36.5 Å². The Morgan fingerprint density at radius 1 is 0.649 bits per heavy atom. The fraction of sp³-hybridized carbons (Fsp3) is 0.280. The van der Waals surface area contributed by atoms with E-state index in [1.807, 2.05) is 0 Å². The van der Waals surface area contributed by atoms with Gasteiger partial charge in [-0.1, -0.05) is 46.4 Å². The zero-order valence-corrected chi connectivity index (χ0v) is 20.9. The van der Waals surface area contributed by atoms with Gasteiger partial charge in [0.1, 0.15) is 19.8 Å². The van der Waals surface area contributed by atoms with Crippen LogP contribution in [0.25, 0.3) is 0 Å². The maximum absolute atomic E-state index is 11.2. The third-order valence-electron chi connectivity index (χ3n) is 3.88. The molecular formula is C25H34N2O10. The zero-order chi connectivity index (χ0) is 29.3. The summed E-state index contributed by atoms with van der Waals surface area (Å²) in [6.45, 7) is 20.9. The second-order valence-corrected chi connectivity index (χ2v) is 6.50. The van der Waals surface area contributed by atoms with Crippen molar-refractivity contribution in [2.24, 2.45) is 5.41 Å². The molecule has 204 valence electrons. The Hall–Kier alpha value is -4.74. The summed E-state index contributed by atoms with van der Waals surface area (Å²) in [7, 11) is 0. The first-order valence-corrected chi connectivity index (χ1v) is 10.4. The maximum atomic E-state index is 11.2. The van der Waals surface area contributed by atoms with Gasteiger partial charge in [0.25, 0.3) is 0 Å². The number of carboxylic acid groups (broad SMARTS) is 1. The van der Waals surface area contributed by atoms with Gasteiger partial charge in [-0.25, -0.2) is 19.2 Å². The Morgan fingerprint density at radius 2 is 0.946 bits per heavy atom. The lowest BCUT2D eigenvalue weighted by Crippen LogP contribution is -2.38. The highest BCUT2D eigenvalue weighted by atomic mass is 16.6. The average molecular weight is 523 g/mol. The lowest BCUT2D eigenvalue weighted by atomic mass is 9.88. The molecule has 0 fully saturated rings. The minimum absolute atomic E-state index is 0.0802. The Labute approximate surface area is 216 Å². The summed E-state index contributed by atoms with van der Waals surface area (Å²) >= 11 is 0. The Bertz CT molecular complexity index is 782. The summed E-state index contributed by atoms with van der Waals surface area (Å²) in [5.41, 5.74) is -0.837. The Balaban J connectivity index is -0.000000598. The van der Waals surface area contributed by atoms with Crippen LogP contribution in [0.2, 0.25) is 0 Å². The molecule has 0 saturated carbocycles. The van der Waals surface area contributed by atoms with Gasteiger partial charge in [-0.15, -0.1) is 0 Å². The highest BCUT2D eigenvalue weighted by molar-refractivity contribution is 5.89. The largest absolute Gasteiger partial charge is 0.478 e. The molecule has 0 unspecified atom stereocenters. The zero-order valence-electron chi connectivity index (χ0n) is 20.9. The van der Waals surface area contributed by atoms with Gasteiger partial charge in [0.15, 0.2) is 0 Å². The number of ether oxygens (including phenoxy) is 3. The molecule has 3 N–H and O–H groups in total. The molecule has 0 rings (SSSR count). The standard InChI is InChI=1S/C15H20O6.C7H10N2O2.C3H4O2/c1-5-12(16)19-9-15(8-4,10-20-13(17)6-2)11-21-14(18)7-3;1-3-6(10)8-5-9-7(11)4-2;1-2-3(4)5/h5-7H,1-3,8-11H2,4H3;3-4H,1-2,5H2,(H,8,10)(H,9,11);2H,1H2,(H,4,5). The van der Waals surface area contributed by atoms with Crippen molar-refractivity contribution in [2.45, 2.75) is 13.3 Å². The third kappa shape index (κ3) is 22.8. The predicted octanol–water partition coefficient (Wildman–Crippen LogP) is 1.38. The number of hydrogen-bond donors (Lipinski definition) is 3. The highest BCUT2D eigenvalue weighted by Gasteiger charge is 2.33. The summed E-state index contributed by atoms with van der Waals surface area (Å²) in [4.78, 5) is 63.7. The van der Waals surface area contributed by atoms with Crippen molar-refractivity contribution in [3.05, 3.63) is 75.9 Å². The minimum Gasteiger partial charge on any atom is -0.478 e. The number of aliphatic carboxylic acids is 1. The van der Waals surface area contributed by atoms with Crippen LogP contribution in [0.1, 0.15) is 13.3 Å². The van der Waals surface area contributed by atoms with Crippen LogP contribution in [-0.4, -0.2) is 67.3 Å². The number of carbonyl (C=O) groups is 6.